The van der Waals surface area contributed by atoms with Gasteiger partial charge >= 0.3 is 0 Å². The molecule has 0 saturated heterocycles. The Labute approximate surface area is 186 Å². The zero-order valence-corrected chi connectivity index (χ0v) is 18.5. The van der Waals surface area contributed by atoms with Gasteiger partial charge in [0.1, 0.15) is 6.61 Å². The monoisotopic (exact) mass is 482 g/mol. The summed E-state index contributed by atoms with van der Waals surface area (Å²) in [7, 11) is 3.21. The maximum absolute atomic E-state index is 6.22. The van der Waals surface area contributed by atoms with Crippen molar-refractivity contribution in [2.24, 2.45) is 0 Å². The van der Waals surface area contributed by atoms with Gasteiger partial charge in [-0.2, -0.15) is 5.10 Å². The molecule has 158 valence electrons. The molecule has 1 atom stereocenters. The Hall–Kier alpha value is -3.33. The smallest absolute Gasteiger partial charge is 0.212 e. The number of methoxy groups -OCH3 is 2. The van der Waals surface area contributed by atoms with Crippen molar-refractivity contribution in [3.05, 3.63) is 70.2 Å². The van der Waals surface area contributed by atoms with Crippen LogP contribution in [0.4, 0.5) is 0 Å². The lowest BCUT2D eigenvalue weighted by Gasteiger charge is -2.28. The molecule has 0 saturated carbocycles. The number of fused-ring (bicyclic) bond motifs is 2. The Balaban J connectivity index is 1.42. The molecule has 3 aromatic heterocycles. The summed E-state index contributed by atoms with van der Waals surface area (Å²) < 4.78 is 25.6. The maximum Gasteiger partial charge on any atom is 0.212 e. The van der Waals surface area contributed by atoms with Gasteiger partial charge in [-0.1, -0.05) is 0 Å². The van der Waals surface area contributed by atoms with E-state index in [-0.39, 0.29) is 6.10 Å². The Morgan fingerprint density at radius 2 is 2.03 bits per heavy atom. The van der Waals surface area contributed by atoms with Crippen LogP contribution in [0.3, 0.4) is 0 Å². The predicted molar refractivity (Wildman–Crippen MR) is 116 cm³/mol. The van der Waals surface area contributed by atoms with Crippen LogP contribution in [-0.2, 0) is 6.42 Å². The normalized spacial score (nSPS) is 15.1. The summed E-state index contributed by atoms with van der Waals surface area (Å²) in [6, 6.07) is 7.65. The summed E-state index contributed by atoms with van der Waals surface area (Å²) in [5.41, 5.74) is 3.74. The molecule has 1 aromatic carbocycles. The molecule has 8 nitrogen and oxygen atoms in total. The number of rotatable bonds is 5. The van der Waals surface area contributed by atoms with Gasteiger partial charge in [-0.05, 0) is 39.7 Å². The fourth-order valence-electron chi connectivity index (χ4n) is 3.56. The molecule has 1 aliphatic rings. The second kappa shape index (κ2) is 8.07. The molecule has 5 rings (SSSR count). The predicted octanol–water partition coefficient (Wildman–Crippen LogP) is 4.01. The van der Waals surface area contributed by atoms with Crippen LogP contribution in [-0.4, -0.2) is 40.4 Å². The number of nitrogens with zero attached hydrogens (tertiary/aromatic N) is 4. The van der Waals surface area contributed by atoms with Crippen molar-refractivity contribution in [1.82, 2.24) is 19.6 Å². The zero-order valence-electron chi connectivity index (χ0n) is 16.9. The lowest BCUT2D eigenvalue weighted by Crippen LogP contribution is -2.22. The topological polar surface area (TPSA) is 80.0 Å². The van der Waals surface area contributed by atoms with Gasteiger partial charge in [0.25, 0.3) is 0 Å². The summed E-state index contributed by atoms with van der Waals surface area (Å²) in [4.78, 5) is 8.73. The number of ether oxygens (including phenoxy) is 4. The van der Waals surface area contributed by atoms with E-state index in [1.54, 1.807) is 37.2 Å². The quantitative estimate of drug-likeness (QED) is 0.425. The highest BCUT2D eigenvalue weighted by atomic mass is 79.9. The van der Waals surface area contributed by atoms with Crippen LogP contribution >= 0.6 is 15.9 Å². The number of benzene rings is 1. The summed E-state index contributed by atoms with van der Waals surface area (Å²) in [6.45, 7) is 0.375. The minimum Gasteiger partial charge on any atom is -0.493 e. The van der Waals surface area contributed by atoms with Crippen LogP contribution in [0.5, 0.6) is 23.1 Å². The van der Waals surface area contributed by atoms with E-state index >= 15 is 0 Å². The molecule has 0 bridgehead atoms. The summed E-state index contributed by atoms with van der Waals surface area (Å²) in [6.07, 6.45) is 7.55. The summed E-state index contributed by atoms with van der Waals surface area (Å²) in [5.74, 6) is 2.41. The number of aromatic nitrogens is 4. The molecular weight excluding hydrogens is 464 g/mol. The first-order chi connectivity index (χ1) is 15.1. The van der Waals surface area contributed by atoms with Gasteiger partial charge in [0, 0.05) is 42.2 Å². The third kappa shape index (κ3) is 3.76. The van der Waals surface area contributed by atoms with E-state index in [9.17, 15) is 0 Å². The minimum absolute atomic E-state index is 0.284. The second-order valence-electron chi connectivity index (χ2n) is 7.06. The van der Waals surface area contributed by atoms with E-state index < -0.39 is 0 Å². The van der Waals surface area contributed by atoms with Crippen molar-refractivity contribution in [2.45, 2.75) is 12.5 Å². The highest BCUT2D eigenvalue weighted by molar-refractivity contribution is 9.10. The highest BCUT2D eigenvalue weighted by Crippen LogP contribution is 2.44. The van der Waals surface area contributed by atoms with E-state index in [0.717, 1.165) is 26.8 Å². The van der Waals surface area contributed by atoms with Crippen LogP contribution in [0.2, 0.25) is 0 Å². The largest absolute Gasteiger partial charge is 0.493 e. The van der Waals surface area contributed by atoms with Crippen LogP contribution in [0.25, 0.3) is 5.65 Å². The number of pyridine rings is 1. The van der Waals surface area contributed by atoms with Crippen molar-refractivity contribution in [1.29, 1.82) is 0 Å². The van der Waals surface area contributed by atoms with E-state index in [0.29, 0.717) is 36.2 Å². The lowest BCUT2D eigenvalue weighted by atomic mass is 10.1. The number of hydrogen-bond acceptors (Lipinski definition) is 7. The third-order valence-electron chi connectivity index (χ3n) is 5.08. The van der Waals surface area contributed by atoms with Gasteiger partial charge in [0.15, 0.2) is 23.3 Å². The van der Waals surface area contributed by atoms with Gasteiger partial charge < -0.3 is 18.9 Å². The van der Waals surface area contributed by atoms with E-state index in [4.69, 9.17) is 18.9 Å². The molecule has 0 amide bonds. The first-order valence-electron chi connectivity index (χ1n) is 9.62. The molecule has 0 radical (unpaired) electrons. The molecule has 1 aliphatic heterocycles. The Kier molecular flexibility index (Phi) is 5.11. The Bertz CT molecular complexity index is 1230. The van der Waals surface area contributed by atoms with Crippen molar-refractivity contribution in [3.8, 4) is 23.1 Å². The van der Waals surface area contributed by atoms with E-state index in [1.165, 1.54) is 0 Å². The average molecular weight is 483 g/mol. The standard InChI is InChI=1S/C22H19BrN4O4/c1-28-17-6-13(5-15-9-26-27-11-16(23)10-25-22(15)27)7-18-21(17)31-19(12-30-18)14-3-4-20(29-2)24-8-14/h3-4,6-11,19H,5,12H2,1-2H3. The highest BCUT2D eigenvalue weighted by Gasteiger charge is 2.27. The minimum atomic E-state index is -0.284. The molecule has 0 aliphatic carbocycles. The summed E-state index contributed by atoms with van der Waals surface area (Å²) in [5, 5.41) is 4.38. The molecule has 1 unspecified atom stereocenters. The first kappa shape index (κ1) is 19.6. The zero-order chi connectivity index (χ0) is 21.4. The summed E-state index contributed by atoms with van der Waals surface area (Å²) >= 11 is 3.42. The molecule has 31 heavy (non-hydrogen) atoms. The number of halogens is 1. The third-order valence-corrected chi connectivity index (χ3v) is 5.49. The Morgan fingerprint density at radius 1 is 1.13 bits per heavy atom. The molecule has 0 fully saturated rings. The van der Waals surface area contributed by atoms with Crippen LogP contribution in [0.1, 0.15) is 22.8 Å². The fourth-order valence-corrected chi connectivity index (χ4v) is 3.86. The molecule has 9 heteroatoms. The number of hydrogen-bond donors (Lipinski definition) is 0. The SMILES string of the molecule is COc1ccc(C2COc3cc(Cc4cnn5cc(Br)cnc45)cc(OC)c3O2)cn1. The average Bonchev–Trinajstić information content (AvgIpc) is 3.19. The van der Waals surface area contributed by atoms with Gasteiger partial charge in [-0.15, -0.1) is 0 Å². The molecule has 4 aromatic rings. The van der Waals surface area contributed by atoms with Crippen molar-refractivity contribution < 1.29 is 18.9 Å². The van der Waals surface area contributed by atoms with Crippen molar-refractivity contribution in [2.75, 3.05) is 20.8 Å². The Morgan fingerprint density at radius 3 is 2.81 bits per heavy atom. The first-order valence-corrected chi connectivity index (χ1v) is 10.4. The molecule has 0 N–H and O–H groups in total. The van der Waals surface area contributed by atoms with Crippen LogP contribution in [0.15, 0.2) is 53.5 Å². The molecule has 4 heterocycles. The van der Waals surface area contributed by atoms with Crippen molar-refractivity contribution >= 4 is 21.6 Å². The van der Waals surface area contributed by atoms with Gasteiger partial charge in [-0.25, -0.2) is 14.5 Å². The fraction of sp³-hybridized carbons (Fsp3) is 0.227. The van der Waals surface area contributed by atoms with Gasteiger partial charge in [-0.3, -0.25) is 0 Å². The second-order valence-corrected chi connectivity index (χ2v) is 7.98. The van der Waals surface area contributed by atoms with E-state index in [2.05, 4.69) is 31.0 Å². The van der Waals surface area contributed by atoms with Gasteiger partial charge in [0.2, 0.25) is 11.6 Å². The lowest BCUT2D eigenvalue weighted by molar-refractivity contribution is 0.0867. The van der Waals surface area contributed by atoms with Crippen molar-refractivity contribution in [3.63, 3.8) is 0 Å². The molecule has 0 spiro atoms. The van der Waals surface area contributed by atoms with Crippen LogP contribution in [0, 0.1) is 0 Å². The molecular formula is C22H19BrN4O4. The maximum atomic E-state index is 6.22. The van der Waals surface area contributed by atoms with Crippen LogP contribution < -0.4 is 18.9 Å². The van der Waals surface area contributed by atoms with E-state index in [1.807, 2.05) is 30.6 Å². The van der Waals surface area contributed by atoms with Gasteiger partial charge in [0.05, 0.1) is 24.9 Å².